The number of esters is 1. The van der Waals surface area contributed by atoms with Gasteiger partial charge in [0.25, 0.3) is 0 Å². The predicted octanol–water partition coefficient (Wildman–Crippen LogP) is 3.75. The first-order valence-electron chi connectivity index (χ1n) is 8.17. The second kappa shape index (κ2) is 7.35. The van der Waals surface area contributed by atoms with Gasteiger partial charge in [-0.1, -0.05) is 12.1 Å². The van der Waals surface area contributed by atoms with Crippen molar-refractivity contribution < 1.29 is 19.0 Å². The van der Waals surface area contributed by atoms with Gasteiger partial charge >= 0.3 is 5.97 Å². The Morgan fingerprint density at radius 2 is 1.73 bits per heavy atom. The minimum atomic E-state index is -0.387. The van der Waals surface area contributed by atoms with Gasteiger partial charge in [-0.15, -0.1) is 0 Å². The summed E-state index contributed by atoms with van der Waals surface area (Å²) in [6.07, 6.45) is 3.53. The van der Waals surface area contributed by atoms with Crippen LogP contribution in [0.25, 0.3) is 11.8 Å². The lowest BCUT2D eigenvalue weighted by Gasteiger charge is -2.11. The average Bonchev–Trinajstić information content (AvgIpc) is 3.02. The van der Waals surface area contributed by atoms with Crippen LogP contribution in [0.15, 0.2) is 54.1 Å². The van der Waals surface area contributed by atoms with Crippen molar-refractivity contribution >= 4 is 23.5 Å². The van der Waals surface area contributed by atoms with Gasteiger partial charge in [-0.05, 0) is 48.0 Å². The summed E-state index contributed by atoms with van der Waals surface area (Å²) in [4.78, 5) is 14.3. The lowest BCUT2D eigenvalue weighted by molar-refractivity contribution is -0.130. The molecule has 1 aliphatic rings. The number of cyclic esters (lactones) is 1. The summed E-state index contributed by atoms with van der Waals surface area (Å²) in [5, 5.41) is 0. The second-order valence-electron chi connectivity index (χ2n) is 6.05. The van der Waals surface area contributed by atoms with Crippen molar-refractivity contribution in [1.29, 1.82) is 0 Å². The lowest BCUT2D eigenvalue weighted by Crippen LogP contribution is -2.07. The number of carbonyl (C=O) groups is 1. The zero-order chi connectivity index (χ0) is 18.7. The molecule has 26 heavy (non-hydrogen) atoms. The number of benzene rings is 2. The number of anilines is 1. The second-order valence-corrected chi connectivity index (χ2v) is 6.05. The number of hydrogen-bond donors (Lipinski definition) is 0. The van der Waals surface area contributed by atoms with Crippen molar-refractivity contribution in [3.05, 3.63) is 65.2 Å². The van der Waals surface area contributed by atoms with Crippen molar-refractivity contribution in [2.75, 3.05) is 33.2 Å². The number of nitrogens with zero attached hydrogens (tertiary/aromatic N) is 1. The summed E-state index contributed by atoms with van der Waals surface area (Å²) in [7, 11) is 7.13. The molecule has 3 rings (SSSR count). The predicted molar refractivity (Wildman–Crippen MR) is 102 cm³/mol. The Balaban J connectivity index is 1.94. The normalized spacial score (nSPS) is 14.8. The van der Waals surface area contributed by atoms with Gasteiger partial charge in [-0.25, -0.2) is 4.79 Å². The molecule has 0 aliphatic carbocycles. The maximum Gasteiger partial charge on any atom is 0.343 e. The molecule has 0 saturated carbocycles. The molecule has 1 aliphatic heterocycles. The van der Waals surface area contributed by atoms with E-state index in [4.69, 9.17) is 14.2 Å². The molecular weight excluding hydrogens is 330 g/mol. The van der Waals surface area contributed by atoms with Crippen LogP contribution in [0.5, 0.6) is 11.5 Å². The Morgan fingerprint density at radius 1 is 1.00 bits per heavy atom. The van der Waals surface area contributed by atoms with Gasteiger partial charge in [0.1, 0.15) is 17.3 Å². The fourth-order valence-electron chi connectivity index (χ4n) is 2.68. The summed E-state index contributed by atoms with van der Waals surface area (Å²) >= 11 is 0. The van der Waals surface area contributed by atoms with E-state index in [1.807, 2.05) is 43.3 Å². The maximum absolute atomic E-state index is 12.3. The highest BCUT2D eigenvalue weighted by Gasteiger charge is 2.24. The van der Waals surface area contributed by atoms with Crippen LogP contribution < -0.4 is 14.4 Å². The smallest absolute Gasteiger partial charge is 0.343 e. The minimum Gasteiger partial charge on any atom is -0.497 e. The Kier molecular flexibility index (Phi) is 4.98. The molecule has 5 heteroatoms. The Morgan fingerprint density at radius 3 is 2.35 bits per heavy atom. The van der Waals surface area contributed by atoms with E-state index in [-0.39, 0.29) is 5.97 Å². The first-order chi connectivity index (χ1) is 12.5. The van der Waals surface area contributed by atoms with Crippen molar-refractivity contribution in [3.8, 4) is 11.5 Å². The van der Waals surface area contributed by atoms with Crippen LogP contribution in [0, 0.1) is 0 Å². The first kappa shape index (κ1) is 17.6. The zero-order valence-electron chi connectivity index (χ0n) is 15.3. The molecular formula is C21H21NO4. The molecule has 0 saturated heterocycles. The first-order valence-corrected chi connectivity index (χ1v) is 8.17. The molecule has 0 unspecified atom stereocenters. The van der Waals surface area contributed by atoms with Crippen LogP contribution >= 0.6 is 0 Å². The number of hydrogen-bond acceptors (Lipinski definition) is 5. The molecule has 0 atom stereocenters. The highest BCUT2D eigenvalue weighted by molar-refractivity contribution is 6.05. The van der Waals surface area contributed by atoms with Gasteiger partial charge in [0, 0.05) is 19.8 Å². The molecule has 134 valence electrons. The number of methoxy groups -OCH3 is 2. The third kappa shape index (κ3) is 3.57. The summed E-state index contributed by atoms with van der Waals surface area (Å²) in [6, 6.07) is 13.3. The van der Waals surface area contributed by atoms with Gasteiger partial charge < -0.3 is 19.1 Å². The van der Waals surface area contributed by atoms with Crippen molar-refractivity contribution in [3.63, 3.8) is 0 Å². The molecule has 0 amide bonds. The SMILES string of the molecule is COc1ccc(OC)c(C2=C/C(=C/c3ccc(N(C)C)cc3)C(=O)O2)c1. The van der Waals surface area contributed by atoms with E-state index in [9.17, 15) is 4.79 Å². The highest BCUT2D eigenvalue weighted by Crippen LogP contribution is 2.35. The van der Waals surface area contributed by atoms with Gasteiger partial charge in [0.2, 0.25) is 0 Å². The van der Waals surface area contributed by atoms with Crippen molar-refractivity contribution in [2.24, 2.45) is 0 Å². The van der Waals surface area contributed by atoms with E-state index in [2.05, 4.69) is 0 Å². The lowest BCUT2D eigenvalue weighted by atomic mass is 10.1. The molecule has 0 fully saturated rings. The molecule has 0 radical (unpaired) electrons. The molecule has 0 N–H and O–H groups in total. The Labute approximate surface area is 153 Å². The van der Waals surface area contributed by atoms with Crippen LogP contribution in [-0.2, 0) is 9.53 Å². The van der Waals surface area contributed by atoms with Gasteiger partial charge in [-0.3, -0.25) is 0 Å². The largest absolute Gasteiger partial charge is 0.497 e. The van der Waals surface area contributed by atoms with Gasteiger partial charge in [0.05, 0.1) is 25.4 Å². The standard InChI is InChI=1S/C21H21NO4/c1-22(2)16-7-5-14(6-8-16)11-15-12-20(26-21(15)23)18-13-17(24-3)9-10-19(18)25-4/h5-13H,1-4H3/b15-11-. The number of rotatable bonds is 5. The quantitative estimate of drug-likeness (QED) is 0.606. The summed E-state index contributed by atoms with van der Waals surface area (Å²) in [5.74, 6) is 1.33. The fourth-order valence-corrected chi connectivity index (χ4v) is 2.68. The van der Waals surface area contributed by atoms with E-state index in [1.165, 1.54) is 0 Å². The third-order valence-corrected chi connectivity index (χ3v) is 4.13. The van der Waals surface area contributed by atoms with Gasteiger partial charge in [-0.2, -0.15) is 0 Å². The number of ether oxygens (including phenoxy) is 3. The molecule has 0 spiro atoms. The van der Waals surface area contributed by atoms with E-state index in [1.54, 1.807) is 44.6 Å². The molecule has 2 aromatic rings. The fraction of sp³-hybridized carbons (Fsp3) is 0.190. The van der Waals surface area contributed by atoms with Crippen LogP contribution in [0.4, 0.5) is 5.69 Å². The average molecular weight is 351 g/mol. The summed E-state index contributed by atoms with van der Waals surface area (Å²) < 4.78 is 16.1. The van der Waals surface area contributed by atoms with Gasteiger partial charge in [0.15, 0.2) is 0 Å². The van der Waals surface area contributed by atoms with E-state index >= 15 is 0 Å². The third-order valence-electron chi connectivity index (χ3n) is 4.13. The highest BCUT2D eigenvalue weighted by atomic mass is 16.5. The van der Waals surface area contributed by atoms with E-state index in [0.29, 0.717) is 28.4 Å². The summed E-state index contributed by atoms with van der Waals surface area (Å²) in [6.45, 7) is 0. The molecule has 0 bridgehead atoms. The van der Waals surface area contributed by atoms with Crippen molar-refractivity contribution in [1.82, 2.24) is 0 Å². The summed E-state index contributed by atoms with van der Waals surface area (Å²) in [5.41, 5.74) is 3.19. The maximum atomic E-state index is 12.3. The minimum absolute atomic E-state index is 0.387. The number of carbonyl (C=O) groups excluding carboxylic acids is 1. The molecule has 1 heterocycles. The molecule has 2 aromatic carbocycles. The Bertz CT molecular complexity index is 879. The van der Waals surface area contributed by atoms with Crippen molar-refractivity contribution in [2.45, 2.75) is 0 Å². The van der Waals surface area contributed by atoms with Crippen LogP contribution in [0.1, 0.15) is 11.1 Å². The monoisotopic (exact) mass is 351 g/mol. The van der Waals surface area contributed by atoms with E-state index < -0.39 is 0 Å². The van der Waals surface area contributed by atoms with Crippen LogP contribution in [0.2, 0.25) is 0 Å². The van der Waals surface area contributed by atoms with Crippen LogP contribution in [-0.4, -0.2) is 34.3 Å². The van der Waals surface area contributed by atoms with E-state index in [0.717, 1.165) is 11.3 Å². The molecule has 0 aromatic heterocycles. The van der Waals surface area contributed by atoms with Crippen LogP contribution in [0.3, 0.4) is 0 Å². The molecule has 5 nitrogen and oxygen atoms in total. The Hall–Kier alpha value is -3.21. The zero-order valence-corrected chi connectivity index (χ0v) is 15.3. The topological polar surface area (TPSA) is 48.0 Å².